The number of carbonyl (C=O) groups is 2. The molecule has 0 radical (unpaired) electrons. The van der Waals surface area contributed by atoms with E-state index in [0.717, 1.165) is 36.8 Å². The molecular weight excluding hydrogens is 232 g/mol. The van der Waals surface area contributed by atoms with Gasteiger partial charge in [-0.05, 0) is 42.9 Å². The van der Waals surface area contributed by atoms with Crippen molar-refractivity contribution >= 4 is 11.9 Å². The summed E-state index contributed by atoms with van der Waals surface area (Å²) in [5.74, 6) is -0.960. The lowest BCUT2D eigenvalue weighted by Crippen LogP contribution is -2.18. The highest BCUT2D eigenvalue weighted by Crippen LogP contribution is 2.28. The molecule has 0 heterocycles. The van der Waals surface area contributed by atoms with Crippen molar-refractivity contribution in [2.24, 2.45) is 0 Å². The fraction of sp³-hybridized carbons (Fsp3) is 0.429. The van der Waals surface area contributed by atoms with E-state index in [2.05, 4.69) is 0 Å². The number of rotatable bonds is 2. The third-order valence-electron chi connectivity index (χ3n) is 3.33. The molecule has 2 rings (SSSR count). The second-order valence-electron chi connectivity index (χ2n) is 4.32. The maximum atomic E-state index is 11.9. The average Bonchev–Trinajstić information content (AvgIpc) is 2.44. The monoisotopic (exact) mass is 248 g/mol. The van der Waals surface area contributed by atoms with Crippen LogP contribution in [-0.4, -0.2) is 26.2 Å². The van der Waals surface area contributed by atoms with Gasteiger partial charge in [-0.3, -0.25) is 0 Å². The van der Waals surface area contributed by atoms with Gasteiger partial charge in [-0.2, -0.15) is 0 Å². The van der Waals surface area contributed by atoms with Gasteiger partial charge in [-0.1, -0.05) is 6.07 Å². The third kappa shape index (κ3) is 2.10. The molecule has 0 unspecified atom stereocenters. The SMILES string of the molecule is COC(=O)c1ccc2c(c1C(=O)OC)CCCC2. The molecule has 18 heavy (non-hydrogen) atoms. The van der Waals surface area contributed by atoms with E-state index >= 15 is 0 Å². The number of carbonyl (C=O) groups excluding carboxylic acids is 2. The van der Waals surface area contributed by atoms with Crippen molar-refractivity contribution in [3.05, 3.63) is 34.4 Å². The van der Waals surface area contributed by atoms with Gasteiger partial charge in [0.15, 0.2) is 0 Å². The van der Waals surface area contributed by atoms with E-state index in [1.165, 1.54) is 14.2 Å². The van der Waals surface area contributed by atoms with E-state index in [1.807, 2.05) is 6.07 Å². The lowest BCUT2D eigenvalue weighted by atomic mass is 9.86. The highest BCUT2D eigenvalue weighted by Gasteiger charge is 2.25. The summed E-state index contributed by atoms with van der Waals surface area (Å²) in [4.78, 5) is 23.6. The zero-order valence-electron chi connectivity index (χ0n) is 10.6. The Bertz CT molecular complexity index is 491. The summed E-state index contributed by atoms with van der Waals surface area (Å²) in [6.45, 7) is 0. The Hall–Kier alpha value is -1.84. The smallest absolute Gasteiger partial charge is 0.339 e. The summed E-state index contributed by atoms with van der Waals surface area (Å²) in [6, 6.07) is 3.56. The lowest BCUT2D eigenvalue weighted by Gasteiger charge is -2.20. The molecule has 0 amide bonds. The maximum absolute atomic E-state index is 11.9. The molecule has 0 fully saturated rings. The summed E-state index contributed by atoms with van der Waals surface area (Å²) in [5, 5.41) is 0. The number of hydrogen-bond donors (Lipinski definition) is 0. The number of esters is 2. The largest absolute Gasteiger partial charge is 0.465 e. The second-order valence-corrected chi connectivity index (χ2v) is 4.32. The van der Waals surface area contributed by atoms with Crippen LogP contribution in [0.3, 0.4) is 0 Å². The van der Waals surface area contributed by atoms with E-state index in [1.54, 1.807) is 6.07 Å². The van der Waals surface area contributed by atoms with Crippen molar-refractivity contribution in [3.8, 4) is 0 Å². The Balaban J connectivity index is 2.60. The van der Waals surface area contributed by atoms with E-state index in [4.69, 9.17) is 9.47 Å². The molecule has 0 aliphatic heterocycles. The Labute approximate surface area is 106 Å². The van der Waals surface area contributed by atoms with Gasteiger partial charge in [-0.25, -0.2) is 9.59 Å². The number of ether oxygens (including phenoxy) is 2. The van der Waals surface area contributed by atoms with E-state index in [9.17, 15) is 9.59 Å². The van der Waals surface area contributed by atoms with Gasteiger partial charge >= 0.3 is 11.9 Å². The number of hydrogen-bond acceptors (Lipinski definition) is 4. The standard InChI is InChI=1S/C14H16O4/c1-17-13(15)11-8-7-9-5-3-4-6-10(9)12(11)14(16)18-2/h7-8H,3-6H2,1-2H3. The van der Waals surface area contributed by atoms with Gasteiger partial charge in [0, 0.05) is 0 Å². The number of aryl methyl sites for hydroxylation is 1. The molecule has 1 aromatic rings. The predicted molar refractivity (Wildman–Crippen MR) is 65.8 cm³/mol. The molecule has 0 aromatic heterocycles. The Morgan fingerprint density at radius 2 is 1.67 bits per heavy atom. The Morgan fingerprint density at radius 3 is 2.33 bits per heavy atom. The molecule has 0 saturated carbocycles. The Morgan fingerprint density at radius 1 is 1.00 bits per heavy atom. The fourth-order valence-electron chi connectivity index (χ4n) is 2.44. The van der Waals surface area contributed by atoms with Gasteiger partial charge in [0.25, 0.3) is 0 Å². The average molecular weight is 248 g/mol. The van der Waals surface area contributed by atoms with E-state index in [0.29, 0.717) is 11.1 Å². The van der Waals surface area contributed by atoms with Crippen LogP contribution in [-0.2, 0) is 22.3 Å². The molecule has 0 spiro atoms. The van der Waals surface area contributed by atoms with Crippen molar-refractivity contribution in [2.45, 2.75) is 25.7 Å². The second kappa shape index (κ2) is 5.21. The predicted octanol–water partition coefficient (Wildman–Crippen LogP) is 2.14. The molecule has 0 atom stereocenters. The molecule has 1 aromatic carbocycles. The minimum atomic E-state index is -0.497. The first-order valence-electron chi connectivity index (χ1n) is 6.00. The van der Waals surface area contributed by atoms with Crippen LogP contribution in [0.25, 0.3) is 0 Å². The van der Waals surface area contributed by atoms with Crippen molar-refractivity contribution in [1.29, 1.82) is 0 Å². The van der Waals surface area contributed by atoms with Crippen molar-refractivity contribution in [3.63, 3.8) is 0 Å². The first kappa shape index (κ1) is 12.6. The van der Waals surface area contributed by atoms with Gasteiger partial charge in [0.05, 0.1) is 25.3 Å². The van der Waals surface area contributed by atoms with Crippen molar-refractivity contribution < 1.29 is 19.1 Å². The fourth-order valence-corrected chi connectivity index (χ4v) is 2.44. The quantitative estimate of drug-likeness (QED) is 0.752. The van der Waals surface area contributed by atoms with Crippen LogP contribution in [0.2, 0.25) is 0 Å². The summed E-state index contributed by atoms with van der Waals surface area (Å²) >= 11 is 0. The molecule has 0 N–H and O–H groups in total. The summed E-state index contributed by atoms with van der Waals surface area (Å²) in [5.41, 5.74) is 2.75. The highest BCUT2D eigenvalue weighted by atomic mass is 16.5. The Kier molecular flexibility index (Phi) is 3.65. The van der Waals surface area contributed by atoms with Gasteiger partial charge < -0.3 is 9.47 Å². The van der Waals surface area contributed by atoms with Crippen LogP contribution in [0.4, 0.5) is 0 Å². The van der Waals surface area contributed by atoms with Gasteiger partial charge in [0.1, 0.15) is 0 Å². The molecule has 1 aliphatic carbocycles. The van der Waals surface area contributed by atoms with Crippen LogP contribution < -0.4 is 0 Å². The molecule has 0 bridgehead atoms. The van der Waals surface area contributed by atoms with Crippen LogP contribution in [0.5, 0.6) is 0 Å². The summed E-state index contributed by atoms with van der Waals surface area (Å²) in [6.07, 6.45) is 3.90. The van der Waals surface area contributed by atoms with Gasteiger partial charge in [-0.15, -0.1) is 0 Å². The van der Waals surface area contributed by atoms with Crippen molar-refractivity contribution in [2.75, 3.05) is 14.2 Å². The zero-order chi connectivity index (χ0) is 13.1. The highest BCUT2D eigenvalue weighted by molar-refractivity contribution is 6.04. The summed E-state index contributed by atoms with van der Waals surface area (Å²) in [7, 11) is 2.63. The first-order valence-corrected chi connectivity index (χ1v) is 6.00. The molecule has 4 nitrogen and oxygen atoms in total. The molecular formula is C14H16O4. The number of benzene rings is 1. The number of fused-ring (bicyclic) bond motifs is 1. The first-order chi connectivity index (χ1) is 8.69. The third-order valence-corrected chi connectivity index (χ3v) is 3.33. The molecule has 96 valence electrons. The van der Waals surface area contributed by atoms with E-state index < -0.39 is 11.9 Å². The minimum Gasteiger partial charge on any atom is -0.465 e. The zero-order valence-corrected chi connectivity index (χ0v) is 10.6. The maximum Gasteiger partial charge on any atom is 0.339 e. The van der Waals surface area contributed by atoms with Crippen LogP contribution in [0.1, 0.15) is 44.7 Å². The molecule has 0 saturated heterocycles. The molecule has 1 aliphatic rings. The van der Waals surface area contributed by atoms with Crippen molar-refractivity contribution in [1.82, 2.24) is 0 Å². The van der Waals surface area contributed by atoms with Crippen LogP contribution >= 0.6 is 0 Å². The normalized spacial score (nSPS) is 13.7. The minimum absolute atomic E-state index is 0.296. The van der Waals surface area contributed by atoms with E-state index in [-0.39, 0.29) is 0 Å². The molecule has 4 heteroatoms. The van der Waals surface area contributed by atoms with Crippen LogP contribution in [0, 0.1) is 0 Å². The topological polar surface area (TPSA) is 52.6 Å². The lowest BCUT2D eigenvalue weighted by molar-refractivity contribution is 0.0554. The summed E-state index contributed by atoms with van der Waals surface area (Å²) < 4.78 is 9.51. The van der Waals surface area contributed by atoms with Crippen LogP contribution in [0.15, 0.2) is 12.1 Å². The van der Waals surface area contributed by atoms with Gasteiger partial charge in [0.2, 0.25) is 0 Å². The number of methoxy groups -OCH3 is 2.